The third kappa shape index (κ3) is 15.7. The highest BCUT2D eigenvalue weighted by molar-refractivity contribution is 6.75. The van der Waals surface area contributed by atoms with Crippen LogP contribution in [0.25, 0.3) is 0 Å². The van der Waals surface area contributed by atoms with Crippen LogP contribution in [0.1, 0.15) is 84.5 Å². The van der Waals surface area contributed by atoms with Gasteiger partial charge in [0.1, 0.15) is 0 Å². The maximum Gasteiger partial charge on any atom is 0.453 e. The van der Waals surface area contributed by atoms with Gasteiger partial charge in [-0.3, -0.25) is 28.8 Å². The van der Waals surface area contributed by atoms with Crippen LogP contribution in [0.15, 0.2) is 54.6 Å². The van der Waals surface area contributed by atoms with Crippen molar-refractivity contribution >= 4 is 126 Å². The first-order valence-corrected chi connectivity index (χ1v) is 23.1. The SMILES string of the molecule is CC(C)C[C@H](NC(=O)CNC(=O)c1cc(Cl)ccc1Cl)B1OB2OB(O1)[C@@H](NC(=O)CNC(=O)c1cc(Cl)ccc1Cl)CC(C)CC(C)C[C@@H]2NC(=O)CNC(=O)c1cc(Cl)ccc1Cl. The minimum absolute atomic E-state index is 0.0229. The first-order valence-electron chi connectivity index (χ1n) is 20.8. The van der Waals surface area contributed by atoms with E-state index in [-0.39, 0.29) is 64.6 Å². The smallest absolute Gasteiger partial charge is 0.450 e. The lowest BCUT2D eigenvalue weighted by Gasteiger charge is -2.42. The van der Waals surface area contributed by atoms with Gasteiger partial charge >= 0.3 is 21.4 Å². The fraction of sp³-hybridized carbons (Fsp3) is 0.415. The van der Waals surface area contributed by atoms with Gasteiger partial charge in [-0.15, -0.1) is 0 Å². The molecule has 24 heteroatoms. The van der Waals surface area contributed by atoms with Crippen LogP contribution in [0, 0.1) is 17.8 Å². The van der Waals surface area contributed by atoms with Crippen LogP contribution in [0.4, 0.5) is 0 Å². The Bertz CT molecular complexity index is 2150. The monoisotopic (exact) mass is 1010 g/mol. The van der Waals surface area contributed by atoms with Gasteiger partial charge in [0.15, 0.2) is 0 Å². The highest BCUT2D eigenvalue weighted by Crippen LogP contribution is 2.29. The van der Waals surface area contributed by atoms with Gasteiger partial charge in [0.2, 0.25) is 17.7 Å². The molecule has 0 aliphatic carbocycles. The predicted octanol–water partition coefficient (Wildman–Crippen LogP) is 6.30. The largest absolute Gasteiger partial charge is 0.453 e. The molecule has 346 valence electrons. The average Bonchev–Trinajstić information content (AvgIpc) is 3.24. The first-order chi connectivity index (χ1) is 30.8. The summed E-state index contributed by atoms with van der Waals surface area (Å²) in [5, 5.41) is 17.8. The Hall–Kier alpha value is -3.71. The van der Waals surface area contributed by atoms with Crippen molar-refractivity contribution in [3.8, 4) is 0 Å². The molecule has 2 heterocycles. The minimum Gasteiger partial charge on any atom is -0.450 e. The molecule has 65 heavy (non-hydrogen) atoms. The highest BCUT2D eigenvalue weighted by Gasteiger charge is 2.52. The summed E-state index contributed by atoms with van der Waals surface area (Å²) in [7, 11) is -3.64. The van der Waals surface area contributed by atoms with Crippen molar-refractivity contribution < 1.29 is 42.5 Å². The fourth-order valence-corrected chi connectivity index (χ4v) is 8.71. The summed E-state index contributed by atoms with van der Waals surface area (Å²) in [6.45, 7) is 6.54. The Morgan fingerprint density at radius 2 is 0.938 bits per heavy atom. The Morgan fingerprint density at radius 1 is 0.569 bits per heavy atom. The third-order valence-corrected chi connectivity index (χ3v) is 12.1. The van der Waals surface area contributed by atoms with E-state index in [9.17, 15) is 28.8 Å². The maximum absolute atomic E-state index is 13.6. The summed E-state index contributed by atoms with van der Waals surface area (Å²) >= 11 is 36.9. The van der Waals surface area contributed by atoms with Crippen LogP contribution in [0.2, 0.25) is 30.1 Å². The van der Waals surface area contributed by atoms with Crippen molar-refractivity contribution in [2.24, 2.45) is 17.8 Å². The zero-order chi connectivity index (χ0) is 47.5. The molecule has 0 saturated carbocycles. The molecule has 2 saturated heterocycles. The lowest BCUT2D eigenvalue weighted by Crippen LogP contribution is -2.68. The van der Waals surface area contributed by atoms with E-state index in [0.29, 0.717) is 25.7 Å². The van der Waals surface area contributed by atoms with E-state index in [1.165, 1.54) is 54.6 Å². The summed E-state index contributed by atoms with van der Waals surface area (Å²) in [5.41, 5.74) is 0.253. The number of nitrogens with one attached hydrogen (secondary N) is 6. The van der Waals surface area contributed by atoms with Gasteiger partial charge in [-0.2, -0.15) is 0 Å². The molecular formula is C41H47B3Cl6N6O9. The van der Waals surface area contributed by atoms with E-state index in [2.05, 4.69) is 31.9 Å². The predicted molar refractivity (Wildman–Crippen MR) is 254 cm³/mol. The van der Waals surface area contributed by atoms with E-state index >= 15 is 0 Å². The van der Waals surface area contributed by atoms with Crippen LogP contribution in [-0.4, -0.2) is 94.3 Å². The number of hydrogen-bond acceptors (Lipinski definition) is 9. The zero-order valence-corrected chi connectivity index (χ0v) is 40.3. The van der Waals surface area contributed by atoms with Crippen molar-refractivity contribution in [1.29, 1.82) is 0 Å². The Morgan fingerprint density at radius 3 is 1.31 bits per heavy atom. The van der Waals surface area contributed by atoms with Crippen LogP contribution >= 0.6 is 69.6 Å². The van der Waals surface area contributed by atoms with Crippen LogP contribution < -0.4 is 31.9 Å². The lowest BCUT2D eigenvalue weighted by atomic mass is 9.57. The number of hydrogen-bond donors (Lipinski definition) is 6. The molecule has 2 bridgehead atoms. The molecule has 3 aromatic rings. The number of carbonyl (C=O) groups is 6. The van der Waals surface area contributed by atoms with E-state index in [0.717, 1.165) is 0 Å². The van der Waals surface area contributed by atoms with Crippen LogP contribution in [-0.2, 0) is 28.1 Å². The second-order valence-corrected chi connectivity index (χ2v) is 19.0. The molecule has 2 aliphatic heterocycles. The number of benzene rings is 3. The van der Waals surface area contributed by atoms with Crippen LogP contribution in [0.3, 0.4) is 0 Å². The number of halogens is 6. The number of carbonyl (C=O) groups excluding carboxylic acids is 6. The fourth-order valence-electron chi connectivity index (χ4n) is 7.59. The van der Waals surface area contributed by atoms with Gasteiger partial charge in [-0.05, 0) is 98.0 Å². The molecule has 6 amide bonds. The Labute approximate surface area is 408 Å². The van der Waals surface area contributed by atoms with E-state index in [4.69, 9.17) is 83.3 Å². The highest BCUT2D eigenvalue weighted by atomic mass is 35.5. The molecule has 15 nitrogen and oxygen atoms in total. The van der Waals surface area contributed by atoms with Crippen molar-refractivity contribution in [3.05, 3.63) is 101 Å². The molecule has 5 atom stereocenters. The first kappa shape index (κ1) is 52.3. The minimum atomic E-state index is -1.22. The third-order valence-electron chi connectivity index (χ3n) is 10.4. The zero-order valence-electron chi connectivity index (χ0n) is 35.8. The van der Waals surface area contributed by atoms with Gasteiger partial charge < -0.3 is 45.6 Å². The van der Waals surface area contributed by atoms with Crippen molar-refractivity contribution in [3.63, 3.8) is 0 Å². The van der Waals surface area contributed by atoms with Gasteiger partial charge in [0, 0.05) is 15.1 Å². The summed E-state index contributed by atoms with van der Waals surface area (Å²) < 4.78 is 19.4. The van der Waals surface area contributed by atoms with Crippen LogP contribution in [0.5, 0.6) is 0 Å². The molecule has 2 fully saturated rings. The lowest BCUT2D eigenvalue weighted by molar-refractivity contribution is -0.121. The number of amides is 6. The van der Waals surface area contributed by atoms with Gasteiger partial charge in [-0.1, -0.05) is 97.3 Å². The van der Waals surface area contributed by atoms with Gasteiger partial charge in [-0.25, -0.2) is 0 Å². The second-order valence-electron chi connectivity index (χ2n) is 16.5. The normalized spacial score (nSPS) is 19.2. The molecule has 0 radical (unpaired) electrons. The van der Waals surface area contributed by atoms with Gasteiger partial charge in [0.25, 0.3) is 17.7 Å². The topological polar surface area (TPSA) is 202 Å². The molecule has 5 rings (SSSR count). The maximum atomic E-state index is 13.6. The quantitative estimate of drug-likeness (QED) is 0.0946. The molecular weight excluding hydrogens is 966 g/mol. The van der Waals surface area contributed by atoms with E-state index in [1.807, 2.05) is 27.7 Å². The van der Waals surface area contributed by atoms with Crippen molar-refractivity contribution in [2.75, 3.05) is 19.6 Å². The van der Waals surface area contributed by atoms with Gasteiger partial charge in [0.05, 0.1) is 69.2 Å². The molecule has 2 aliphatic rings. The van der Waals surface area contributed by atoms with E-state index < -0.39 is 94.3 Å². The molecule has 3 aromatic carbocycles. The number of fused-ring (bicyclic) bond motifs is 2. The molecule has 0 spiro atoms. The molecule has 0 aromatic heterocycles. The average molecular weight is 1010 g/mol. The van der Waals surface area contributed by atoms with E-state index in [1.54, 1.807) is 0 Å². The summed E-state index contributed by atoms with van der Waals surface area (Å²) in [4.78, 5) is 79.7. The molecule has 2 unspecified atom stereocenters. The number of rotatable bonds is 15. The summed E-state index contributed by atoms with van der Waals surface area (Å²) in [6, 6.07) is 13.2. The Balaban J connectivity index is 1.38. The second kappa shape index (κ2) is 24.4. The standard InChI is InChI=1S/C41H47B3Cl6N6O9/c1-21(2)11-33(54-36(57)18-51-39(60)27-15-24(45)5-8-30(27)48)42-63-43-34(55-37(58)19-52-40(61)28-16-25(46)6-9-31(28)49)13-22(3)12-23(4)14-35(44(64-42)65-43)56-38(59)20-53-41(62)29-17-26(47)7-10-32(29)50/h5-10,15-17,21-23,33-35H,11-14,18-20H2,1-4H3,(H,51,60)(H,52,61)(H,53,62)(H,54,57)(H,55,58)(H,56,59)/t22?,23?,33-,34-,35-/m0/s1. The molecule has 6 N–H and O–H groups in total. The summed E-state index contributed by atoms with van der Waals surface area (Å²) in [5.74, 6) is -6.20. The van der Waals surface area contributed by atoms with Crippen molar-refractivity contribution in [2.45, 2.75) is 71.2 Å². The Kier molecular flexibility index (Phi) is 19.6. The summed E-state index contributed by atoms with van der Waals surface area (Å²) in [6.07, 6.45) is 1.71. The van der Waals surface area contributed by atoms with Crippen molar-refractivity contribution in [1.82, 2.24) is 31.9 Å².